The minimum atomic E-state index is -4.12. The molecule has 0 radical (unpaired) electrons. The van der Waals surface area contributed by atoms with E-state index in [9.17, 15) is 8.42 Å². The lowest BCUT2D eigenvalue weighted by molar-refractivity contribution is 0.599. The molecule has 0 fully saturated rings. The van der Waals surface area contributed by atoms with E-state index < -0.39 is 10.2 Å². The molecule has 0 atom stereocenters. The third-order valence-corrected chi connectivity index (χ3v) is 12.3. The lowest BCUT2D eigenvalue weighted by Gasteiger charge is -2.40. The normalized spacial score (nSPS) is 14.5. The maximum Gasteiger partial charge on any atom is 0.364 e. The van der Waals surface area contributed by atoms with E-state index in [-0.39, 0.29) is 0 Å². The van der Waals surface area contributed by atoms with E-state index in [2.05, 4.69) is 186 Å². The predicted octanol–water partition coefficient (Wildman–Crippen LogP) is 12.0. The van der Waals surface area contributed by atoms with Crippen molar-refractivity contribution >= 4 is 100 Å². The first-order chi connectivity index (χ1) is 29.0. The van der Waals surface area contributed by atoms with Crippen molar-refractivity contribution in [3.8, 4) is 0 Å². The molecule has 0 saturated heterocycles. The van der Waals surface area contributed by atoms with Crippen molar-refractivity contribution in [3.05, 3.63) is 205 Å². The molecule has 0 saturated carbocycles. The van der Waals surface area contributed by atoms with Crippen LogP contribution in [0.15, 0.2) is 203 Å². The van der Waals surface area contributed by atoms with Crippen molar-refractivity contribution < 1.29 is 8.42 Å². The highest BCUT2D eigenvalue weighted by Crippen LogP contribution is 2.56. The van der Waals surface area contributed by atoms with E-state index in [1.807, 2.05) is 36.4 Å². The second kappa shape index (κ2) is 12.6. The topological polar surface area (TPSA) is 71.8 Å². The minimum absolute atomic E-state index is 0.352. The molecule has 0 unspecified atom stereocenters. The molecule has 0 amide bonds. The van der Waals surface area contributed by atoms with Crippen LogP contribution in [-0.2, 0) is 10.2 Å². The van der Waals surface area contributed by atoms with Gasteiger partial charge in [-0.15, -0.1) is 8.80 Å². The van der Waals surface area contributed by atoms with Gasteiger partial charge in [0.05, 0.1) is 45.5 Å². The number of rotatable bonds is 4. The van der Waals surface area contributed by atoms with Crippen LogP contribution in [0.5, 0.6) is 0 Å². The fourth-order valence-corrected chi connectivity index (χ4v) is 9.92. The van der Waals surface area contributed by atoms with Crippen molar-refractivity contribution in [2.75, 3.05) is 19.6 Å². The SMILES string of the molecule is O=S1(=O)N=c2c(c3cc(N4c5ccccc5N(c5ccccc5)c5ccccc54)ccc3c3ccc(N4c5ccccc5N(c5ccccc5)c5ccccc54)cc23)=N1. The van der Waals surface area contributed by atoms with Gasteiger partial charge < -0.3 is 19.6 Å². The summed E-state index contributed by atoms with van der Waals surface area (Å²) >= 11 is 0. The van der Waals surface area contributed by atoms with Crippen molar-refractivity contribution in [2.24, 2.45) is 8.80 Å². The smallest absolute Gasteiger partial charge is 0.306 e. The number of fused-ring (bicyclic) bond motifs is 10. The Morgan fingerprint density at radius 3 is 0.864 bits per heavy atom. The number of benzene rings is 9. The van der Waals surface area contributed by atoms with Gasteiger partial charge in [0, 0.05) is 33.5 Å². The minimum Gasteiger partial charge on any atom is -0.306 e. The Hall–Kier alpha value is -7.75. The van der Waals surface area contributed by atoms with Crippen molar-refractivity contribution in [2.45, 2.75) is 0 Å². The summed E-state index contributed by atoms with van der Waals surface area (Å²) in [7, 11) is -4.12. The maximum atomic E-state index is 13.4. The summed E-state index contributed by atoms with van der Waals surface area (Å²) < 4.78 is 35.4. The monoisotopic (exact) mass is 780 g/mol. The zero-order valence-corrected chi connectivity index (χ0v) is 32.2. The van der Waals surface area contributed by atoms with Crippen molar-refractivity contribution in [3.63, 3.8) is 0 Å². The summed E-state index contributed by atoms with van der Waals surface area (Å²) in [5.74, 6) is 0. The molecule has 0 N–H and O–H groups in total. The number of hydrogen-bond donors (Lipinski definition) is 0. The highest BCUT2D eigenvalue weighted by atomic mass is 32.2. The number of hydrogen-bond acceptors (Lipinski definition) is 6. The quantitative estimate of drug-likeness (QED) is 0.166. The van der Waals surface area contributed by atoms with Crippen molar-refractivity contribution in [1.29, 1.82) is 0 Å². The third kappa shape index (κ3) is 5.05. The summed E-state index contributed by atoms with van der Waals surface area (Å²) in [5.41, 5.74) is 12.0. The van der Waals surface area contributed by atoms with E-state index in [4.69, 9.17) is 0 Å². The highest BCUT2D eigenvalue weighted by molar-refractivity contribution is 7.88. The average Bonchev–Trinajstić information content (AvgIpc) is 3.63. The van der Waals surface area contributed by atoms with Gasteiger partial charge >= 0.3 is 10.2 Å². The van der Waals surface area contributed by atoms with Gasteiger partial charge in [0.15, 0.2) is 0 Å². The van der Waals surface area contributed by atoms with Gasteiger partial charge in [-0.05, 0) is 108 Å². The third-order valence-electron chi connectivity index (χ3n) is 11.4. The van der Waals surface area contributed by atoms with E-state index in [0.29, 0.717) is 10.7 Å². The molecular formula is C50H32N6O2S. The second-order valence-electron chi connectivity index (χ2n) is 14.8. The molecule has 12 rings (SSSR count). The van der Waals surface area contributed by atoms with Crippen LogP contribution < -0.4 is 30.3 Å². The lowest BCUT2D eigenvalue weighted by atomic mass is 9.97. The van der Waals surface area contributed by atoms with Gasteiger partial charge in [-0.1, -0.05) is 97.1 Å². The van der Waals surface area contributed by atoms with E-state index in [0.717, 1.165) is 89.8 Å². The zero-order chi connectivity index (χ0) is 39.2. The molecule has 9 heteroatoms. The van der Waals surface area contributed by atoms with E-state index in [1.54, 1.807) is 0 Å². The summed E-state index contributed by atoms with van der Waals surface area (Å²) in [5, 5.41) is 3.93. The van der Waals surface area contributed by atoms with Gasteiger partial charge in [0.2, 0.25) is 0 Å². The summed E-state index contributed by atoms with van der Waals surface area (Å²) in [6.07, 6.45) is 0. The van der Waals surface area contributed by atoms with Crippen LogP contribution in [0.1, 0.15) is 0 Å². The molecule has 0 bridgehead atoms. The molecule has 59 heavy (non-hydrogen) atoms. The fraction of sp³-hybridized carbons (Fsp3) is 0. The fourth-order valence-electron chi connectivity index (χ4n) is 9.05. The number of anilines is 12. The summed E-state index contributed by atoms with van der Waals surface area (Å²) in [6.45, 7) is 0. The Kier molecular flexibility index (Phi) is 7.15. The Morgan fingerprint density at radius 1 is 0.288 bits per heavy atom. The Morgan fingerprint density at radius 2 is 0.559 bits per heavy atom. The molecule has 0 aromatic heterocycles. The number of nitrogens with zero attached hydrogens (tertiary/aromatic N) is 6. The summed E-state index contributed by atoms with van der Waals surface area (Å²) in [6, 6.07) is 66.7. The van der Waals surface area contributed by atoms with Crippen LogP contribution in [-0.4, -0.2) is 8.42 Å². The predicted molar refractivity (Wildman–Crippen MR) is 239 cm³/mol. The van der Waals surface area contributed by atoms with Crippen LogP contribution in [0.4, 0.5) is 68.2 Å². The molecular weight excluding hydrogens is 749 g/mol. The molecule has 9 aromatic rings. The molecule has 3 aliphatic heterocycles. The first kappa shape index (κ1) is 33.4. The van der Waals surface area contributed by atoms with E-state index >= 15 is 0 Å². The molecule has 280 valence electrons. The zero-order valence-electron chi connectivity index (χ0n) is 31.4. The Labute approximate surface area is 340 Å². The average molecular weight is 781 g/mol. The maximum absolute atomic E-state index is 13.4. The van der Waals surface area contributed by atoms with Gasteiger partial charge in [-0.25, -0.2) is 0 Å². The molecule has 0 spiro atoms. The molecule has 3 heterocycles. The van der Waals surface area contributed by atoms with Gasteiger partial charge in [0.1, 0.15) is 10.7 Å². The van der Waals surface area contributed by atoms with Gasteiger partial charge in [-0.3, -0.25) is 0 Å². The van der Waals surface area contributed by atoms with Crippen LogP contribution in [0.25, 0.3) is 21.5 Å². The lowest BCUT2D eigenvalue weighted by Crippen LogP contribution is -2.26. The second-order valence-corrected chi connectivity index (χ2v) is 16.0. The Bertz CT molecular complexity index is 3130. The van der Waals surface area contributed by atoms with Crippen LogP contribution in [0.2, 0.25) is 0 Å². The standard InChI is InChI=1S/C50H32N6O2S/c57-59(58)51-49-39-31-35(55-45-23-11-7-19-41(45)53(33-15-3-1-4-16-33)42-20-8-12-24-46(42)55)27-29-37(39)38-30-28-36(32-40(38)50(49)52-59)56-47-25-13-9-21-43(47)54(34-17-5-2-6-18-34)44-22-10-14-26-48(44)56/h1-32H. The molecule has 0 aliphatic carbocycles. The largest absolute Gasteiger partial charge is 0.364 e. The highest BCUT2D eigenvalue weighted by Gasteiger charge is 2.32. The van der Waals surface area contributed by atoms with Gasteiger partial charge in [-0.2, -0.15) is 8.42 Å². The van der Waals surface area contributed by atoms with Gasteiger partial charge in [0.25, 0.3) is 0 Å². The first-order valence-electron chi connectivity index (χ1n) is 19.4. The summed E-state index contributed by atoms with van der Waals surface area (Å²) in [4.78, 5) is 9.05. The Balaban J connectivity index is 1.05. The van der Waals surface area contributed by atoms with Crippen LogP contribution in [0.3, 0.4) is 0 Å². The van der Waals surface area contributed by atoms with Crippen LogP contribution >= 0.6 is 0 Å². The molecule has 8 nitrogen and oxygen atoms in total. The van der Waals surface area contributed by atoms with Crippen molar-refractivity contribution in [1.82, 2.24) is 0 Å². The molecule has 9 aromatic carbocycles. The molecule has 3 aliphatic rings. The van der Waals surface area contributed by atoms with Crippen LogP contribution in [0, 0.1) is 0 Å². The first-order valence-corrected chi connectivity index (χ1v) is 20.8. The van der Waals surface area contributed by atoms with E-state index in [1.165, 1.54) is 0 Å². The number of para-hydroxylation sites is 10.